The van der Waals surface area contributed by atoms with Gasteiger partial charge in [0.25, 0.3) is 0 Å². The van der Waals surface area contributed by atoms with Gasteiger partial charge in [-0.05, 0) is 44.9 Å². The highest BCUT2D eigenvalue weighted by atomic mass is 16.6. The Morgan fingerprint density at radius 1 is 1.35 bits per heavy atom. The number of aliphatic carboxylic acids is 1. The molecule has 0 spiro atoms. The van der Waals surface area contributed by atoms with Crippen molar-refractivity contribution in [1.29, 1.82) is 0 Å². The number of carbonyl (C=O) groups excluding carboxylic acids is 1. The standard InChI is InChI=1S/C15H19NO4/c1-9-5-6-10-8-12(13(17)18)16(11(10)7-9)14(19)20-15(2,3)4/h5-7,12H,8H2,1-4H3,(H,17,18). The Kier molecular flexibility index (Phi) is 3.46. The van der Waals surface area contributed by atoms with E-state index in [-0.39, 0.29) is 0 Å². The lowest BCUT2D eigenvalue weighted by molar-refractivity contribution is -0.138. The molecule has 5 nitrogen and oxygen atoms in total. The Labute approximate surface area is 118 Å². The summed E-state index contributed by atoms with van der Waals surface area (Å²) >= 11 is 0. The highest BCUT2D eigenvalue weighted by Gasteiger charge is 2.40. The van der Waals surface area contributed by atoms with Crippen molar-refractivity contribution >= 4 is 17.7 Å². The third-order valence-electron chi connectivity index (χ3n) is 3.10. The predicted molar refractivity (Wildman–Crippen MR) is 75.0 cm³/mol. The Morgan fingerprint density at radius 3 is 2.55 bits per heavy atom. The van der Waals surface area contributed by atoms with Crippen LogP contribution in [0.25, 0.3) is 0 Å². The van der Waals surface area contributed by atoms with E-state index in [9.17, 15) is 14.7 Å². The lowest BCUT2D eigenvalue weighted by Gasteiger charge is -2.27. The SMILES string of the molecule is Cc1ccc2c(c1)N(C(=O)OC(C)(C)C)C(C(=O)O)C2. The molecule has 0 aliphatic carbocycles. The van der Waals surface area contributed by atoms with Crippen LogP contribution in [0.3, 0.4) is 0 Å². The van der Waals surface area contributed by atoms with E-state index in [0.29, 0.717) is 12.1 Å². The topological polar surface area (TPSA) is 66.8 Å². The van der Waals surface area contributed by atoms with Crippen LogP contribution in [0.2, 0.25) is 0 Å². The molecule has 0 radical (unpaired) electrons. The zero-order chi connectivity index (χ0) is 15.1. The minimum atomic E-state index is -1.02. The van der Waals surface area contributed by atoms with E-state index in [2.05, 4.69) is 0 Å². The van der Waals surface area contributed by atoms with Crippen molar-refractivity contribution in [2.45, 2.75) is 45.8 Å². The molecule has 1 aliphatic rings. The molecule has 0 bridgehead atoms. The molecule has 108 valence electrons. The maximum atomic E-state index is 12.3. The molecule has 0 fully saturated rings. The number of amides is 1. The molecule has 5 heteroatoms. The summed E-state index contributed by atoms with van der Waals surface area (Å²) in [7, 11) is 0. The molecule has 1 aliphatic heterocycles. The number of carboxylic acids is 1. The van der Waals surface area contributed by atoms with Gasteiger partial charge < -0.3 is 9.84 Å². The molecule has 1 atom stereocenters. The largest absolute Gasteiger partial charge is 0.480 e. The normalized spacial score (nSPS) is 17.8. The van der Waals surface area contributed by atoms with Gasteiger partial charge in [0.1, 0.15) is 11.6 Å². The van der Waals surface area contributed by atoms with E-state index < -0.39 is 23.7 Å². The minimum Gasteiger partial charge on any atom is -0.480 e. The van der Waals surface area contributed by atoms with Crippen LogP contribution < -0.4 is 4.90 Å². The van der Waals surface area contributed by atoms with Crippen molar-refractivity contribution in [2.24, 2.45) is 0 Å². The third-order valence-corrected chi connectivity index (χ3v) is 3.10. The van der Waals surface area contributed by atoms with Crippen molar-refractivity contribution in [1.82, 2.24) is 0 Å². The van der Waals surface area contributed by atoms with Crippen LogP contribution in [-0.2, 0) is 16.0 Å². The molecule has 1 aromatic rings. The number of ether oxygens (including phenoxy) is 1. The molecular formula is C15H19NO4. The van der Waals surface area contributed by atoms with Crippen molar-refractivity contribution < 1.29 is 19.4 Å². The van der Waals surface area contributed by atoms with Gasteiger partial charge in [-0.3, -0.25) is 4.90 Å². The Morgan fingerprint density at radius 2 is 2.00 bits per heavy atom. The van der Waals surface area contributed by atoms with Gasteiger partial charge in [-0.1, -0.05) is 12.1 Å². The molecule has 1 aromatic carbocycles. The first-order chi connectivity index (χ1) is 9.19. The summed E-state index contributed by atoms with van der Waals surface area (Å²) in [4.78, 5) is 24.9. The van der Waals surface area contributed by atoms with Crippen LogP contribution in [0.1, 0.15) is 31.9 Å². The van der Waals surface area contributed by atoms with Crippen LogP contribution in [0.5, 0.6) is 0 Å². The van der Waals surface area contributed by atoms with E-state index in [1.54, 1.807) is 20.8 Å². The second kappa shape index (κ2) is 4.81. The number of anilines is 1. The molecular weight excluding hydrogens is 258 g/mol. The summed E-state index contributed by atoms with van der Waals surface area (Å²) in [5.41, 5.74) is 1.80. The monoisotopic (exact) mass is 277 g/mol. The van der Waals surface area contributed by atoms with E-state index in [0.717, 1.165) is 11.1 Å². The Balaban J connectivity index is 2.39. The maximum Gasteiger partial charge on any atom is 0.415 e. The van der Waals surface area contributed by atoms with Crippen molar-refractivity contribution in [3.05, 3.63) is 29.3 Å². The Hall–Kier alpha value is -2.04. The number of aryl methyl sites for hydroxylation is 1. The number of fused-ring (bicyclic) bond motifs is 1. The zero-order valence-corrected chi connectivity index (χ0v) is 12.1. The van der Waals surface area contributed by atoms with Gasteiger partial charge in [-0.15, -0.1) is 0 Å². The van der Waals surface area contributed by atoms with Crippen molar-refractivity contribution in [3.63, 3.8) is 0 Å². The molecule has 0 saturated carbocycles. The number of benzene rings is 1. The average molecular weight is 277 g/mol. The number of carboxylic acid groups (broad SMARTS) is 1. The summed E-state index contributed by atoms with van der Waals surface area (Å²) in [6, 6.07) is 4.70. The van der Waals surface area contributed by atoms with Crippen LogP contribution >= 0.6 is 0 Å². The lowest BCUT2D eigenvalue weighted by atomic mass is 10.1. The van der Waals surface area contributed by atoms with E-state index >= 15 is 0 Å². The molecule has 1 amide bonds. The summed E-state index contributed by atoms with van der Waals surface area (Å²) in [5.74, 6) is -1.02. The number of hydrogen-bond acceptors (Lipinski definition) is 3. The van der Waals surface area contributed by atoms with Gasteiger partial charge in [0, 0.05) is 6.42 Å². The molecule has 0 saturated heterocycles. The van der Waals surface area contributed by atoms with Gasteiger partial charge in [0.15, 0.2) is 0 Å². The number of nitrogens with zero attached hydrogens (tertiary/aromatic N) is 1. The highest BCUT2D eigenvalue weighted by molar-refractivity contribution is 5.98. The van der Waals surface area contributed by atoms with Crippen molar-refractivity contribution in [2.75, 3.05) is 4.90 Å². The smallest absolute Gasteiger partial charge is 0.415 e. The van der Waals surface area contributed by atoms with E-state index in [4.69, 9.17) is 4.74 Å². The van der Waals surface area contributed by atoms with Gasteiger partial charge in [-0.2, -0.15) is 0 Å². The second-order valence-corrected chi connectivity index (χ2v) is 6.04. The molecule has 1 heterocycles. The number of carbonyl (C=O) groups is 2. The number of rotatable bonds is 1. The first-order valence-corrected chi connectivity index (χ1v) is 6.53. The fourth-order valence-corrected chi connectivity index (χ4v) is 2.27. The van der Waals surface area contributed by atoms with Gasteiger partial charge in [0.2, 0.25) is 0 Å². The third kappa shape index (κ3) is 2.76. The summed E-state index contributed by atoms with van der Waals surface area (Å²) in [6.45, 7) is 7.18. The fourth-order valence-electron chi connectivity index (χ4n) is 2.27. The average Bonchev–Trinajstić information content (AvgIpc) is 2.65. The second-order valence-electron chi connectivity index (χ2n) is 6.04. The molecule has 1 unspecified atom stereocenters. The van der Waals surface area contributed by atoms with E-state index in [1.807, 2.05) is 25.1 Å². The molecule has 1 N–H and O–H groups in total. The molecule has 2 rings (SSSR count). The summed E-state index contributed by atoms with van der Waals surface area (Å²) in [5, 5.41) is 9.32. The van der Waals surface area contributed by atoms with Crippen molar-refractivity contribution in [3.8, 4) is 0 Å². The Bertz CT molecular complexity index is 559. The first kappa shape index (κ1) is 14.4. The lowest BCUT2D eigenvalue weighted by Crippen LogP contribution is -2.45. The quantitative estimate of drug-likeness (QED) is 0.857. The van der Waals surface area contributed by atoms with E-state index in [1.165, 1.54) is 4.90 Å². The number of hydrogen-bond donors (Lipinski definition) is 1. The van der Waals surface area contributed by atoms with Crippen LogP contribution in [0.4, 0.5) is 10.5 Å². The highest BCUT2D eigenvalue weighted by Crippen LogP contribution is 2.34. The van der Waals surface area contributed by atoms with Gasteiger partial charge in [0.05, 0.1) is 5.69 Å². The minimum absolute atomic E-state index is 0.310. The fraction of sp³-hybridized carbons (Fsp3) is 0.467. The summed E-state index contributed by atoms with van der Waals surface area (Å²) < 4.78 is 5.32. The van der Waals surface area contributed by atoms with Crippen LogP contribution in [0.15, 0.2) is 18.2 Å². The van der Waals surface area contributed by atoms with Crippen LogP contribution in [-0.4, -0.2) is 28.8 Å². The summed E-state index contributed by atoms with van der Waals surface area (Å²) in [6.07, 6.45) is -0.307. The molecule has 20 heavy (non-hydrogen) atoms. The van der Waals surface area contributed by atoms with Crippen LogP contribution in [0, 0.1) is 6.92 Å². The maximum absolute atomic E-state index is 12.3. The van der Waals surface area contributed by atoms with Gasteiger partial charge >= 0.3 is 12.1 Å². The predicted octanol–water partition coefficient (Wildman–Crippen LogP) is 2.75. The zero-order valence-electron chi connectivity index (χ0n) is 12.1. The first-order valence-electron chi connectivity index (χ1n) is 6.53. The molecule has 0 aromatic heterocycles. The van der Waals surface area contributed by atoms with Gasteiger partial charge in [-0.25, -0.2) is 9.59 Å².